The Hall–Kier alpha value is -2.12. The predicted octanol–water partition coefficient (Wildman–Crippen LogP) is 2.72. The SMILES string of the molecule is COC(=O)CCc1ccc(C(F)(F)F)cc1[N+](=O)[O-]. The molecule has 0 saturated carbocycles. The van der Waals surface area contributed by atoms with E-state index in [-0.39, 0.29) is 18.4 Å². The summed E-state index contributed by atoms with van der Waals surface area (Å²) in [7, 11) is 1.16. The topological polar surface area (TPSA) is 69.4 Å². The summed E-state index contributed by atoms with van der Waals surface area (Å²) in [6.45, 7) is 0. The van der Waals surface area contributed by atoms with E-state index in [1.807, 2.05) is 0 Å². The highest BCUT2D eigenvalue weighted by Crippen LogP contribution is 2.33. The number of benzene rings is 1. The number of nitrogens with zero attached hydrogens (tertiary/aromatic N) is 1. The zero-order valence-electron chi connectivity index (χ0n) is 9.86. The molecular formula is C11H10F3NO4. The van der Waals surface area contributed by atoms with Crippen LogP contribution in [0, 0.1) is 10.1 Å². The molecule has 0 bridgehead atoms. The number of hydrogen-bond donors (Lipinski definition) is 0. The number of nitro benzene ring substituents is 1. The van der Waals surface area contributed by atoms with Crippen molar-refractivity contribution in [3.63, 3.8) is 0 Å². The van der Waals surface area contributed by atoms with Crippen molar-refractivity contribution in [1.29, 1.82) is 0 Å². The number of rotatable bonds is 4. The van der Waals surface area contributed by atoms with E-state index in [2.05, 4.69) is 4.74 Å². The molecule has 1 aromatic rings. The van der Waals surface area contributed by atoms with Gasteiger partial charge >= 0.3 is 12.1 Å². The van der Waals surface area contributed by atoms with Crippen LogP contribution in [0.25, 0.3) is 0 Å². The summed E-state index contributed by atoms with van der Waals surface area (Å²) < 4.78 is 41.7. The van der Waals surface area contributed by atoms with Gasteiger partial charge in [-0.1, -0.05) is 6.07 Å². The van der Waals surface area contributed by atoms with Crippen molar-refractivity contribution in [3.05, 3.63) is 39.4 Å². The molecule has 0 unspecified atom stereocenters. The van der Waals surface area contributed by atoms with Gasteiger partial charge in [-0.2, -0.15) is 13.2 Å². The summed E-state index contributed by atoms with van der Waals surface area (Å²) in [5, 5.41) is 10.7. The lowest BCUT2D eigenvalue weighted by molar-refractivity contribution is -0.385. The Bertz CT molecular complexity index is 499. The molecule has 8 heteroatoms. The number of carbonyl (C=O) groups is 1. The van der Waals surface area contributed by atoms with E-state index in [0.29, 0.717) is 6.07 Å². The fourth-order valence-corrected chi connectivity index (χ4v) is 1.46. The second kappa shape index (κ2) is 5.68. The predicted molar refractivity (Wildman–Crippen MR) is 58.4 cm³/mol. The van der Waals surface area contributed by atoms with Crippen LogP contribution in [0.2, 0.25) is 0 Å². The number of hydrogen-bond acceptors (Lipinski definition) is 4. The Morgan fingerprint density at radius 2 is 2.05 bits per heavy atom. The first kappa shape index (κ1) is 14.9. The number of alkyl halides is 3. The maximum Gasteiger partial charge on any atom is 0.416 e. The van der Waals surface area contributed by atoms with Gasteiger partial charge in [0.1, 0.15) is 0 Å². The molecule has 0 aliphatic heterocycles. The van der Waals surface area contributed by atoms with Crippen LogP contribution in [0.1, 0.15) is 17.5 Å². The van der Waals surface area contributed by atoms with E-state index in [4.69, 9.17) is 0 Å². The number of ether oxygens (including phenoxy) is 1. The van der Waals surface area contributed by atoms with Crippen molar-refractivity contribution in [1.82, 2.24) is 0 Å². The highest BCUT2D eigenvalue weighted by molar-refractivity contribution is 5.69. The highest BCUT2D eigenvalue weighted by atomic mass is 19.4. The average molecular weight is 277 g/mol. The first-order valence-corrected chi connectivity index (χ1v) is 5.17. The number of nitro groups is 1. The van der Waals surface area contributed by atoms with Gasteiger partial charge in [0.15, 0.2) is 0 Å². The number of aryl methyl sites for hydroxylation is 1. The summed E-state index contributed by atoms with van der Waals surface area (Å²) >= 11 is 0. The summed E-state index contributed by atoms with van der Waals surface area (Å²) in [4.78, 5) is 20.8. The zero-order valence-corrected chi connectivity index (χ0v) is 9.86. The smallest absolute Gasteiger partial charge is 0.416 e. The molecule has 0 aliphatic carbocycles. The first-order chi connectivity index (χ1) is 8.75. The molecule has 0 aliphatic rings. The van der Waals surface area contributed by atoms with Gasteiger partial charge in [-0.25, -0.2) is 0 Å². The molecule has 0 spiro atoms. The van der Waals surface area contributed by atoms with Crippen molar-refractivity contribution in [2.45, 2.75) is 19.0 Å². The van der Waals surface area contributed by atoms with Crippen molar-refractivity contribution in [2.75, 3.05) is 7.11 Å². The Morgan fingerprint density at radius 3 is 2.53 bits per heavy atom. The third-order valence-corrected chi connectivity index (χ3v) is 2.44. The van der Waals surface area contributed by atoms with E-state index in [0.717, 1.165) is 19.2 Å². The highest BCUT2D eigenvalue weighted by Gasteiger charge is 2.32. The van der Waals surface area contributed by atoms with Crippen molar-refractivity contribution in [2.24, 2.45) is 0 Å². The molecule has 0 saturated heterocycles. The minimum absolute atomic E-state index is 0.0544. The van der Waals surface area contributed by atoms with Gasteiger partial charge in [-0.05, 0) is 12.5 Å². The first-order valence-electron chi connectivity index (χ1n) is 5.17. The Morgan fingerprint density at radius 1 is 1.42 bits per heavy atom. The lowest BCUT2D eigenvalue weighted by atomic mass is 10.0. The number of halogens is 3. The molecule has 5 nitrogen and oxygen atoms in total. The summed E-state index contributed by atoms with van der Waals surface area (Å²) in [6, 6.07) is 2.22. The number of esters is 1. The van der Waals surface area contributed by atoms with Crippen LogP contribution in [0.15, 0.2) is 18.2 Å². The Balaban J connectivity index is 3.05. The van der Waals surface area contributed by atoms with Crippen LogP contribution in [0.4, 0.5) is 18.9 Å². The molecule has 104 valence electrons. The van der Waals surface area contributed by atoms with E-state index in [1.165, 1.54) is 0 Å². The standard InChI is InChI=1S/C11H10F3NO4/c1-19-10(16)5-3-7-2-4-8(11(12,13)14)6-9(7)15(17)18/h2,4,6H,3,5H2,1H3. The monoisotopic (exact) mass is 277 g/mol. The van der Waals surface area contributed by atoms with Crippen LogP contribution < -0.4 is 0 Å². The summed E-state index contributed by atoms with van der Waals surface area (Å²) in [5.41, 5.74) is -1.69. The van der Waals surface area contributed by atoms with E-state index in [1.54, 1.807) is 0 Å². The molecule has 0 aromatic heterocycles. The van der Waals surface area contributed by atoms with Crippen LogP contribution >= 0.6 is 0 Å². The fraction of sp³-hybridized carbons (Fsp3) is 0.364. The van der Waals surface area contributed by atoms with Gasteiger partial charge < -0.3 is 4.74 Å². The lowest BCUT2D eigenvalue weighted by Crippen LogP contribution is -2.08. The van der Waals surface area contributed by atoms with Crippen LogP contribution in [-0.4, -0.2) is 18.0 Å². The Labute approximate surface area is 106 Å². The fourth-order valence-electron chi connectivity index (χ4n) is 1.46. The van der Waals surface area contributed by atoms with Crippen molar-refractivity contribution in [3.8, 4) is 0 Å². The van der Waals surface area contributed by atoms with Crippen LogP contribution in [0.3, 0.4) is 0 Å². The van der Waals surface area contributed by atoms with Gasteiger partial charge in [-0.3, -0.25) is 14.9 Å². The molecule has 0 atom stereocenters. The molecular weight excluding hydrogens is 267 g/mol. The van der Waals surface area contributed by atoms with Gasteiger partial charge in [0.05, 0.1) is 17.6 Å². The second-order valence-corrected chi connectivity index (χ2v) is 3.67. The van der Waals surface area contributed by atoms with Crippen molar-refractivity contribution >= 4 is 11.7 Å². The maximum atomic E-state index is 12.4. The van der Waals surface area contributed by atoms with E-state index < -0.39 is 28.3 Å². The molecule has 0 heterocycles. The second-order valence-electron chi connectivity index (χ2n) is 3.67. The molecule has 19 heavy (non-hydrogen) atoms. The molecule has 1 aromatic carbocycles. The minimum atomic E-state index is -4.65. The van der Waals surface area contributed by atoms with Gasteiger partial charge in [0.25, 0.3) is 5.69 Å². The van der Waals surface area contributed by atoms with Crippen molar-refractivity contribution < 1.29 is 27.6 Å². The third kappa shape index (κ3) is 3.94. The molecule has 0 amide bonds. The minimum Gasteiger partial charge on any atom is -0.469 e. The van der Waals surface area contributed by atoms with E-state index in [9.17, 15) is 28.1 Å². The Kier molecular flexibility index (Phi) is 4.47. The molecule has 0 N–H and O–H groups in total. The quantitative estimate of drug-likeness (QED) is 0.482. The molecule has 1 rings (SSSR count). The lowest BCUT2D eigenvalue weighted by Gasteiger charge is -2.08. The van der Waals surface area contributed by atoms with E-state index >= 15 is 0 Å². The number of methoxy groups -OCH3 is 1. The van der Waals surface area contributed by atoms with Crippen LogP contribution in [-0.2, 0) is 22.1 Å². The normalized spacial score (nSPS) is 11.2. The largest absolute Gasteiger partial charge is 0.469 e. The van der Waals surface area contributed by atoms with Crippen LogP contribution in [0.5, 0.6) is 0 Å². The third-order valence-electron chi connectivity index (χ3n) is 2.44. The molecule has 0 radical (unpaired) electrons. The zero-order chi connectivity index (χ0) is 14.6. The maximum absolute atomic E-state index is 12.4. The van der Waals surface area contributed by atoms with Gasteiger partial charge in [0.2, 0.25) is 0 Å². The summed E-state index contributed by atoms with van der Waals surface area (Å²) in [6.07, 6.45) is -4.84. The summed E-state index contributed by atoms with van der Waals surface area (Å²) in [5.74, 6) is -0.589. The average Bonchev–Trinajstić information content (AvgIpc) is 2.34. The van der Waals surface area contributed by atoms with Gasteiger partial charge in [-0.15, -0.1) is 0 Å². The number of carbonyl (C=O) groups excluding carboxylic acids is 1. The van der Waals surface area contributed by atoms with Gasteiger partial charge in [0, 0.05) is 18.1 Å². The molecule has 0 fully saturated rings.